The lowest BCUT2D eigenvalue weighted by molar-refractivity contribution is -0.116. The highest BCUT2D eigenvalue weighted by Gasteiger charge is 2.18. The van der Waals surface area contributed by atoms with Crippen LogP contribution in [0.5, 0.6) is 11.5 Å². The molecule has 29 heavy (non-hydrogen) atoms. The summed E-state index contributed by atoms with van der Waals surface area (Å²) in [4.78, 5) is 17.0. The van der Waals surface area contributed by atoms with Crippen molar-refractivity contribution in [1.82, 2.24) is 4.90 Å². The Morgan fingerprint density at radius 1 is 1.07 bits per heavy atom. The van der Waals surface area contributed by atoms with Crippen LogP contribution in [0.25, 0.3) is 0 Å². The van der Waals surface area contributed by atoms with E-state index in [1.54, 1.807) is 7.11 Å². The molecule has 1 saturated heterocycles. The highest BCUT2D eigenvalue weighted by Crippen LogP contribution is 2.30. The molecule has 2 aromatic carbocycles. The van der Waals surface area contributed by atoms with Gasteiger partial charge in [0.1, 0.15) is 11.5 Å². The zero-order chi connectivity index (χ0) is 20.6. The summed E-state index contributed by atoms with van der Waals surface area (Å²) in [5.74, 6) is 1.51. The summed E-state index contributed by atoms with van der Waals surface area (Å²) < 4.78 is 10.8. The van der Waals surface area contributed by atoms with Crippen LogP contribution in [-0.2, 0) is 4.79 Å². The lowest BCUT2D eigenvalue weighted by Crippen LogP contribution is -2.44. The average Bonchev–Trinajstić information content (AvgIpc) is 2.73. The standard InChI is InChI=1S/C22H28ClN3O3/c1-25-11-13-26(14-12-25)21-10-5-17(23)16-20(21)24-22(27)4-3-15-29-19-8-6-18(28-2)7-9-19/h5-10,16H,3-4,11-15H2,1-2H3,(H,24,27). The number of carbonyl (C=O) groups excluding carboxylic acids is 1. The van der Waals surface area contributed by atoms with Crippen LogP contribution in [0.15, 0.2) is 42.5 Å². The van der Waals surface area contributed by atoms with E-state index in [1.165, 1.54) is 0 Å². The number of benzene rings is 2. The van der Waals surface area contributed by atoms with E-state index in [-0.39, 0.29) is 5.91 Å². The topological polar surface area (TPSA) is 54.0 Å². The first kappa shape index (κ1) is 21.3. The molecule has 0 unspecified atom stereocenters. The summed E-state index contributed by atoms with van der Waals surface area (Å²) in [6.07, 6.45) is 1.01. The molecule has 1 aliphatic heterocycles. The smallest absolute Gasteiger partial charge is 0.224 e. The minimum Gasteiger partial charge on any atom is -0.497 e. The van der Waals surface area contributed by atoms with Crippen LogP contribution in [0.2, 0.25) is 5.02 Å². The first-order chi connectivity index (χ1) is 14.0. The molecule has 156 valence electrons. The van der Waals surface area contributed by atoms with E-state index in [0.29, 0.717) is 24.5 Å². The number of carbonyl (C=O) groups is 1. The van der Waals surface area contributed by atoms with Gasteiger partial charge in [0.05, 0.1) is 25.1 Å². The van der Waals surface area contributed by atoms with E-state index in [2.05, 4.69) is 22.2 Å². The normalized spacial score (nSPS) is 14.5. The third kappa shape index (κ3) is 6.27. The Bertz CT molecular complexity index is 805. The van der Waals surface area contributed by atoms with E-state index in [0.717, 1.165) is 49.1 Å². The fourth-order valence-corrected chi connectivity index (χ4v) is 3.41. The van der Waals surface area contributed by atoms with Gasteiger partial charge in [0.2, 0.25) is 5.91 Å². The van der Waals surface area contributed by atoms with Crippen molar-refractivity contribution in [3.8, 4) is 11.5 Å². The monoisotopic (exact) mass is 417 g/mol. The number of anilines is 2. The number of piperazine rings is 1. The van der Waals surface area contributed by atoms with Gasteiger partial charge in [-0.25, -0.2) is 0 Å². The van der Waals surface area contributed by atoms with Crippen LogP contribution in [0.4, 0.5) is 11.4 Å². The maximum Gasteiger partial charge on any atom is 0.224 e. The number of nitrogens with zero attached hydrogens (tertiary/aromatic N) is 2. The zero-order valence-corrected chi connectivity index (χ0v) is 17.7. The number of ether oxygens (including phenoxy) is 2. The molecule has 0 aliphatic carbocycles. The molecule has 1 heterocycles. The number of hydrogen-bond donors (Lipinski definition) is 1. The lowest BCUT2D eigenvalue weighted by atomic mass is 10.2. The summed E-state index contributed by atoms with van der Waals surface area (Å²) >= 11 is 6.17. The van der Waals surface area contributed by atoms with Crippen LogP contribution < -0.4 is 19.7 Å². The molecule has 3 rings (SSSR count). The van der Waals surface area contributed by atoms with Crippen molar-refractivity contribution in [2.24, 2.45) is 0 Å². The summed E-state index contributed by atoms with van der Waals surface area (Å²) in [7, 11) is 3.75. The van der Waals surface area contributed by atoms with Gasteiger partial charge in [-0.1, -0.05) is 11.6 Å². The Labute approximate surface area is 177 Å². The molecule has 1 amide bonds. The molecule has 0 spiro atoms. The predicted octanol–water partition coefficient (Wildman–Crippen LogP) is 3.90. The third-order valence-electron chi connectivity index (χ3n) is 4.95. The highest BCUT2D eigenvalue weighted by molar-refractivity contribution is 6.31. The maximum absolute atomic E-state index is 12.5. The second-order valence-corrected chi connectivity index (χ2v) is 7.56. The van der Waals surface area contributed by atoms with Crippen molar-refractivity contribution in [3.63, 3.8) is 0 Å². The number of hydrogen-bond acceptors (Lipinski definition) is 5. The van der Waals surface area contributed by atoms with Gasteiger partial charge in [-0.2, -0.15) is 0 Å². The van der Waals surface area contributed by atoms with Crippen molar-refractivity contribution < 1.29 is 14.3 Å². The molecule has 0 aromatic heterocycles. The molecule has 0 atom stereocenters. The second kappa shape index (κ2) is 10.4. The van der Waals surface area contributed by atoms with Gasteiger partial charge < -0.3 is 24.6 Å². The van der Waals surface area contributed by atoms with Crippen molar-refractivity contribution >= 4 is 28.9 Å². The first-order valence-electron chi connectivity index (χ1n) is 9.85. The minimum absolute atomic E-state index is 0.0408. The summed E-state index contributed by atoms with van der Waals surface area (Å²) in [6, 6.07) is 13.1. The summed E-state index contributed by atoms with van der Waals surface area (Å²) in [5, 5.41) is 3.63. The van der Waals surface area contributed by atoms with Gasteiger partial charge in [-0.05, 0) is 55.9 Å². The van der Waals surface area contributed by atoms with Gasteiger partial charge in [0.15, 0.2) is 0 Å². The van der Waals surface area contributed by atoms with E-state index < -0.39 is 0 Å². The van der Waals surface area contributed by atoms with Crippen LogP contribution >= 0.6 is 11.6 Å². The number of halogens is 1. The average molecular weight is 418 g/mol. The van der Waals surface area contributed by atoms with Crippen LogP contribution in [0.3, 0.4) is 0 Å². The summed E-state index contributed by atoms with van der Waals surface area (Å²) in [5.41, 5.74) is 1.79. The van der Waals surface area contributed by atoms with Crippen LogP contribution in [-0.4, -0.2) is 57.8 Å². The van der Waals surface area contributed by atoms with E-state index >= 15 is 0 Å². The van der Waals surface area contributed by atoms with Gasteiger partial charge in [-0.15, -0.1) is 0 Å². The third-order valence-corrected chi connectivity index (χ3v) is 5.19. The Kier molecular flexibility index (Phi) is 7.61. The SMILES string of the molecule is COc1ccc(OCCCC(=O)Nc2cc(Cl)ccc2N2CCN(C)CC2)cc1. The van der Waals surface area contributed by atoms with Gasteiger partial charge in [0, 0.05) is 37.6 Å². The van der Waals surface area contributed by atoms with E-state index in [9.17, 15) is 4.79 Å². The van der Waals surface area contributed by atoms with Crippen molar-refractivity contribution in [1.29, 1.82) is 0 Å². The zero-order valence-electron chi connectivity index (χ0n) is 17.0. The minimum atomic E-state index is -0.0408. The second-order valence-electron chi connectivity index (χ2n) is 7.13. The fraction of sp³-hybridized carbons (Fsp3) is 0.409. The Balaban J connectivity index is 1.50. The fourth-order valence-electron chi connectivity index (χ4n) is 3.24. The Hall–Kier alpha value is -2.44. The number of likely N-dealkylation sites (N-methyl/N-ethyl adjacent to an activating group) is 1. The van der Waals surface area contributed by atoms with E-state index in [1.807, 2.05) is 42.5 Å². The highest BCUT2D eigenvalue weighted by atomic mass is 35.5. The Morgan fingerprint density at radius 3 is 2.45 bits per heavy atom. The number of methoxy groups -OCH3 is 1. The molecule has 1 N–H and O–H groups in total. The molecule has 0 saturated carbocycles. The molecule has 1 aliphatic rings. The Morgan fingerprint density at radius 2 is 1.76 bits per heavy atom. The quantitative estimate of drug-likeness (QED) is 0.660. The molecular weight excluding hydrogens is 390 g/mol. The first-order valence-corrected chi connectivity index (χ1v) is 10.2. The molecule has 7 heteroatoms. The largest absolute Gasteiger partial charge is 0.497 e. The van der Waals surface area contributed by atoms with Crippen LogP contribution in [0, 0.1) is 0 Å². The molecule has 2 aromatic rings. The maximum atomic E-state index is 12.5. The molecular formula is C22H28ClN3O3. The number of rotatable bonds is 8. The van der Waals surface area contributed by atoms with Gasteiger partial charge in [-0.3, -0.25) is 4.79 Å². The van der Waals surface area contributed by atoms with Crippen LogP contribution in [0.1, 0.15) is 12.8 Å². The number of nitrogens with one attached hydrogen (secondary N) is 1. The summed E-state index contributed by atoms with van der Waals surface area (Å²) in [6.45, 7) is 4.32. The molecule has 0 bridgehead atoms. The van der Waals surface area contributed by atoms with Crippen molar-refractivity contribution in [2.75, 3.05) is 57.2 Å². The van der Waals surface area contributed by atoms with Crippen molar-refractivity contribution in [2.45, 2.75) is 12.8 Å². The van der Waals surface area contributed by atoms with E-state index in [4.69, 9.17) is 21.1 Å². The van der Waals surface area contributed by atoms with Gasteiger partial charge in [0.25, 0.3) is 0 Å². The molecule has 0 radical (unpaired) electrons. The number of amides is 1. The lowest BCUT2D eigenvalue weighted by Gasteiger charge is -2.35. The van der Waals surface area contributed by atoms with Gasteiger partial charge >= 0.3 is 0 Å². The molecule has 1 fully saturated rings. The molecule has 6 nitrogen and oxygen atoms in total. The van der Waals surface area contributed by atoms with Crippen molar-refractivity contribution in [3.05, 3.63) is 47.5 Å². The predicted molar refractivity (Wildman–Crippen MR) is 118 cm³/mol.